The zero-order chi connectivity index (χ0) is 19.3. The van der Waals surface area contributed by atoms with E-state index in [0.29, 0.717) is 6.04 Å². The summed E-state index contributed by atoms with van der Waals surface area (Å²) in [6.07, 6.45) is 4.38. The Balaban J connectivity index is 1.51. The van der Waals surface area contributed by atoms with Gasteiger partial charge in [0.2, 0.25) is 0 Å². The van der Waals surface area contributed by atoms with E-state index in [4.69, 9.17) is 9.97 Å². The first-order chi connectivity index (χ1) is 13.6. The highest BCUT2D eigenvalue weighted by Gasteiger charge is 2.21. The van der Waals surface area contributed by atoms with Crippen LogP contribution in [0.2, 0.25) is 0 Å². The summed E-state index contributed by atoms with van der Waals surface area (Å²) in [6.45, 7) is 4.27. The minimum absolute atomic E-state index is 0.553. The summed E-state index contributed by atoms with van der Waals surface area (Å²) < 4.78 is 1.87. The van der Waals surface area contributed by atoms with E-state index in [0.717, 1.165) is 63.6 Å². The van der Waals surface area contributed by atoms with E-state index < -0.39 is 0 Å². The lowest BCUT2D eigenvalue weighted by molar-refractivity contribution is 0.443. The van der Waals surface area contributed by atoms with Gasteiger partial charge < -0.3 is 10.2 Å². The summed E-state index contributed by atoms with van der Waals surface area (Å²) in [5, 5.41) is 10.2. The largest absolute Gasteiger partial charge is 0.348 e. The van der Waals surface area contributed by atoms with Gasteiger partial charge in [0.15, 0.2) is 5.13 Å². The molecule has 7 heteroatoms. The number of hydrogen-bond donors (Lipinski definition) is 1. The monoisotopic (exact) mass is 392 g/mol. The summed E-state index contributed by atoms with van der Waals surface area (Å²) in [5.41, 5.74) is 5.31. The van der Waals surface area contributed by atoms with Crippen molar-refractivity contribution in [2.75, 3.05) is 25.0 Å². The highest BCUT2D eigenvalue weighted by Crippen LogP contribution is 2.32. The van der Waals surface area contributed by atoms with E-state index in [1.165, 1.54) is 5.56 Å². The number of nitrogens with one attached hydrogen (secondary N) is 1. The first-order valence-electron chi connectivity index (χ1n) is 9.74. The molecule has 1 N–H and O–H groups in total. The standard InChI is InChI=1S/C21H24N6S/c1-13-10-14(11-15-12-26(2)25-19(13)15)17-4-5-18-20(23-17)28-21(24-18)27(3)16-6-8-22-9-7-16/h4-5,10-12,16,22H,6-9H2,1-3H3. The molecule has 0 amide bonds. The second kappa shape index (κ2) is 6.83. The predicted octanol–water partition coefficient (Wildman–Crippen LogP) is 3.74. The fourth-order valence-electron chi connectivity index (χ4n) is 4.05. The molecule has 1 aliphatic rings. The maximum absolute atomic E-state index is 4.94. The second-order valence-electron chi connectivity index (χ2n) is 7.64. The van der Waals surface area contributed by atoms with Crippen molar-refractivity contribution in [1.82, 2.24) is 25.1 Å². The Morgan fingerprint density at radius 2 is 2.00 bits per heavy atom. The van der Waals surface area contributed by atoms with Gasteiger partial charge in [-0.3, -0.25) is 4.68 Å². The number of hydrogen-bond acceptors (Lipinski definition) is 6. The lowest BCUT2D eigenvalue weighted by Crippen LogP contribution is -2.41. The zero-order valence-electron chi connectivity index (χ0n) is 16.4. The van der Waals surface area contributed by atoms with Crippen LogP contribution in [0.15, 0.2) is 30.5 Å². The highest BCUT2D eigenvalue weighted by molar-refractivity contribution is 7.21. The Labute approximate surface area is 168 Å². The molecule has 5 rings (SSSR count). The quantitative estimate of drug-likeness (QED) is 0.576. The molecule has 1 aliphatic heterocycles. The van der Waals surface area contributed by atoms with Gasteiger partial charge in [0, 0.05) is 37.3 Å². The van der Waals surface area contributed by atoms with Gasteiger partial charge in [-0.25, -0.2) is 9.97 Å². The molecule has 1 aromatic carbocycles. The number of pyridine rings is 1. The number of aromatic nitrogens is 4. The Hall–Kier alpha value is -2.51. The minimum atomic E-state index is 0.553. The predicted molar refractivity (Wildman–Crippen MR) is 116 cm³/mol. The number of fused-ring (bicyclic) bond motifs is 2. The molecule has 0 bridgehead atoms. The van der Waals surface area contributed by atoms with Crippen LogP contribution < -0.4 is 10.2 Å². The van der Waals surface area contributed by atoms with E-state index in [1.54, 1.807) is 11.3 Å². The van der Waals surface area contributed by atoms with E-state index in [-0.39, 0.29) is 0 Å². The zero-order valence-corrected chi connectivity index (χ0v) is 17.3. The Bertz CT molecular complexity index is 1150. The lowest BCUT2D eigenvalue weighted by Gasteiger charge is -2.31. The van der Waals surface area contributed by atoms with Crippen LogP contribution in [0.5, 0.6) is 0 Å². The fourth-order valence-corrected chi connectivity index (χ4v) is 5.02. The molecular formula is C21H24N6S. The molecule has 0 unspecified atom stereocenters. The third kappa shape index (κ3) is 3.04. The van der Waals surface area contributed by atoms with Crippen molar-refractivity contribution in [3.05, 3.63) is 36.0 Å². The van der Waals surface area contributed by atoms with Crippen molar-refractivity contribution in [3.63, 3.8) is 0 Å². The summed E-state index contributed by atoms with van der Waals surface area (Å²) in [6, 6.07) is 9.07. The maximum Gasteiger partial charge on any atom is 0.187 e. The third-order valence-electron chi connectivity index (χ3n) is 5.61. The fraction of sp³-hybridized carbons (Fsp3) is 0.381. The number of benzene rings is 1. The Morgan fingerprint density at radius 3 is 2.82 bits per heavy atom. The molecule has 3 aromatic heterocycles. The highest BCUT2D eigenvalue weighted by atomic mass is 32.1. The minimum Gasteiger partial charge on any atom is -0.348 e. The smallest absolute Gasteiger partial charge is 0.187 e. The molecule has 0 radical (unpaired) electrons. The van der Waals surface area contributed by atoms with Crippen molar-refractivity contribution in [2.45, 2.75) is 25.8 Å². The van der Waals surface area contributed by atoms with E-state index in [9.17, 15) is 0 Å². The van der Waals surface area contributed by atoms with Gasteiger partial charge in [0.1, 0.15) is 10.3 Å². The lowest BCUT2D eigenvalue weighted by atomic mass is 10.0. The first kappa shape index (κ1) is 17.6. The van der Waals surface area contributed by atoms with Gasteiger partial charge >= 0.3 is 0 Å². The van der Waals surface area contributed by atoms with Crippen molar-refractivity contribution < 1.29 is 0 Å². The van der Waals surface area contributed by atoms with Crippen LogP contribution >= 0.6 is 11.3 Å². The third-order valence-corrected chi connectivity index (χ3v) is 6.67. The van der Waals surface area contributed by atoms with Crippen LogP contribution in [0.4, 0.5) is 5.13 Å². The molecule has 0 atom stereocenters. The van der Waals surface area contributed by atoms with Crippen LogP contribution in [-0.4, -0.2) is 45.9 Å². The molecule has 1 fully saturated rings. The number of anilines is 1. The molecule has 1 saturated heterocycles. The van der Waals surface area contributed by atoms with Crippen molar-refractivity contribution in [3.8, 4) is 11.3 Å². The molecule has 6 nitrogen and oxygen atoms in total. The van der Waals surface area contributed by atoms with Gasteiger partial charge in [-0.15, -0.1) is 0 Å². The number of rotatable bonds is 3. The average molecular weight is 393 g/mol. The number of nitrogens with zero attached hydrogens (tertiary/aromatic N) is 5. The van der Waals surface area contributed by atoms with E-state index in [1.807, 2.05) is 11.7 Å². The Morgan fingerprint density at radius 1 is 1.18 bits per heavy atom. The van der Waals surface area contributed by atoms with Crippen LogP contribution in [0, 0.1) is 6.92 Å². The van der Waals surface area contributed by atoms with E-state index in [2.05, 4.69) is 59.7 Å². The van der Waals surface area contributed by atoms with Crippen molar-refractivity contribution >= 4 is 37.7 Å². The van der Waals surface area contributed by atoms with Crippen LogP contribution in [0.25, 0.3) is 32.5 Å². The molecular weight excluding hydrogens is 368 g/mol. The molecule has 0 saturated carbocycles. The molecule has 28 heavy (non-hydrogen) atoms. The summed E-state index contributed by atoms with van der Waals surface area (Å²) in [4.78, 5) is 13.1. The molecule has 0 spiro atoms. The summed E-state index contributed by atoms with van der Waals surface area (Å²) >= 11 is 1.69. The molecule has 4 aromatic rings. The molecule has 144 valence electrons. The van der Waals surface area contributed by atoms with Gasteiger partial charge in [-0.2, -0.15) is 5.10 Å². The number of piperidine rings is 1. The topological polar surface area (TPSA) is 58.9 Å². The van der Waals surface area contributed by atoms with Gasteiger partial charge in [-0.1, -0.05) is 11.3 Å². The Kier molecular flexibility index (Phi) is 4.29. The summed E-state index contributed by atoms with van der Waals surface area (Å²) in [5.74, 6) is 0. The van der Waals surface area contributed by atoms with Gasteiger partial charge in [0.05, 0.1) is 11.2 Å². The SMILES string of the molecule is Cc1cc(-c2ccc3nc(N(C)C4CCNCC4)sc3n2)cc2cn(C)nc12. The molecule has 0 aliphatic carbocycles. The van der Waals surface area contributed by atoms with Gasteiger partial charge in [0.25, 0.3) is 0 Å². The maximum atomic E-state index is 4.94. The van der Waals surface area contributed by atoms with Crippen molar-refractivity contribution in [2.24, 2.45) is 7.05 Å². The number of thiazole rings is 1. The van der Waals surface area contributed by atoms with Crippen molar-refractivity contribution in [1.29, 1.82) is 0 Å². The van der Waals surface area contributed by atoms with Gasteiger partial charge in [-0.05, 0) is 62.7 Å². The first-order valence-corrected chi connectivity index (χ1v) is 10.6. The van der Waals surface area contributed by atoms with Crippen LogP contribution in [0.3, 0.4) is 0 Å². The van der Waals surface area contributed by atoms with Crippen LogP contribution in [-0.2, 0) is 7.05 Å². The normalized spacial score (nSPS) is 15.5. The average Bonchev–Trinajstić information content (AvgIpc) is 3.30. The summed E-state index contributed by atoms with van der Waals surface area (Å²) in [7, 11) is 4.12. The second-order valence-corrected chi connectivity index (χ2v) is 8.60. The van der Waals surface area contributed by atoms with Crippen LogP contribution in [0.1, 0.15) is 18.4 Å². The number of aryl methyl sites for hydroxylation is 2. The van der Waals surface area contributed by atoms with E-state index >= 15 is 0 Å². The molecule has 4 heterocycles.